The summed E-state index contributed by atoms with van der Waals surface area (Å²) in [5.41, 5.74) is 4.23. The largest absolute Gasteiger partial charge is 0.378 e. The van der Waals surface area contributed by atoms with Crippen molar-refractivity contribution in [3.63, 3.8) is 0 Å². The van der Waals surface area contributed by atoms with Crippen LogP contribution < -0.4 is 5.32 Å². The summed E-state index contributed by atoms with van der Waals surface area (Å²) in [5, 5.41) is 3.66. The third kappa shape index (κ3) is 3.83. The van der Waals surface area contributed by atoms with Gasteiger partial charge >= 0.3 is 0 Å². The van der Waals surface area contributed by atoms with Crippen molar-refractivity contribution in [1.29, 1.82) is 0 Å². The van der Waals surface area contributed by atoms with E-state index in [9.17, 15) is 0 Å². The summed E-state index contributed by atoms with van der Waals surface area (Å²) in [7, 11) is 0. The molecule has 0 saturated heterocycles. The van der Waals surface area contributed by atoms with E-state index in [4.69, 9.17) is 4.74 Å². The first-order valence-electron chi connectivity index (χ1n) is 8.06. The van der Waals surface area contributed by atoms with Gasteiger partial charge in [-0.2, -0.15) is 0 Å². The van der Waals surface area contributed by atoms with E-state index in [-0.39, 0.29) is 0 Å². The molecule has 1 N–H and O–H groups in total. The van der Waals surface area contributed by atoms with Gasteiger partial charge in [-0.15, -0.1) is 0 Å². The number of ether oxygens (including phenoxy) is 1. The second-order valence-corrected chi connectivity index (χ2v) is 6.12. The van der Waals surface area contributed by atoms with E-state index in [1.807, 2.05) is 0 Å². The van der Waals surface area contributed by atoms with Crippen LogP contribution in [0.2, 0.25) is 0 Å². The molecule has 0 aromatic heterocycles. The maximum atomic E-state index is 5.67. The van der Waals surface area contributed by atoms with Crippen LogP contribution in [0, 0.1) is 19.8 Å². The summed E-state index contributed by atoms with van der Waals surface area (Å²) >= 11 is 0. The quantitative estimate of drug-likeness (QED) is 0.807. The van der Waals surface area contributed by atoms with Gasteiger partial charge < -0.3 is 10.1 Å². The predicted molar refractivity (Wildman–Crippen MR) is 85.1 cm³/mol. The first-order valence-corrected chi connectivity index (χ1v) is 8.06. The standard InChI is InChI=1S/C18H29NO/c1-5-19-18(12-15-10-16(11-15)20-6-2)17-8-7-13(3)9-14(17)4/h7-9,15-16,18-19H,5-6,10-12H2,1-4H3. The highest BCUT2D eigenvalue weighted by Crippen LogP contribution is 2.37. The Morgan fingerprint density at radius 2 is 2.00 bits per heavy atom. The van der Waals surface area contributed by atoms with Gasteiger partial charge in [-0.25, -0.2) is 0 Å². The van der Waals surface area contributed by atoms with Gasteiger partial charge in [0, 0.05) is 12.6 Å². The van der Waals surface area contributed by atoms with Crippen molar-refractivity contribution >= 4 is 0 Å². The zero-order chi connectivity index (χ0) is 14.5. The topological polar surface area (TPSA) is 21.3 Å². The third-order valence-corrected chi connectivity index (χ3v) is 4.42. The molecular weight excluding hydrogens is 246 g/mol. The second kappa shape index (κ2) is 7.24. The Morgan fingerprint density at radius 3 is 2.60 bits per heavy atom. The minimum Gasteiger partial charge on any atom is -0.378 e. The van der Waals surface area contributed by atoms with Crippen LogP contribution in [0.3, 0.4) is 0 Å². The van der Waals surface area contributed by atoms with Crippen molar-refractivity contribution in [2.75, 3.05) is 13.2 Å². The molecule has 0 heterocycles. The summed E-state index contributed by atoms with van der Waals surface area (Å²) in [5.74, 6) is 0.816. The molecule has 1 unspecified atom stereocenters. The van der Waals surface area contributed by atoms with E-state index in [0.29, 0.717) is 12.1 Å². The molecule has 20 heavy (non-hydrogen) atoms. The molecule has 112 valence electrons. The molecule has 1 aliphatic carbocycles. The average molecular weight is 275 g/mol. The van der Waals surface area contributed by atoms with E-state index in [0.717, 1.165) is 19.1 Å². The van der Waals surface area contributed by atoms with Gasteiger partial charge in [-0.05, 0) is 63.6 Å². The molecule has 0 spiro atoms. The molecule has 1 aromatic rings. The normalized spacial score (nSPS) is 23.4. The van der Waals surface area contributed by atoms with Crippen LogP contribution in [-0.4, -0.2) is 19.3 Å². The fourth-order valence-corrected chi connectivity index (χ4v) is 3.36. The minimum atomic E-state index is 0.494. The number of benzene rings is 1. The summed E-state index contributed by atoms with van der Waals surface area (Å²) in [6.45, 7) is 10.6. The fourth-order valence-electron chi connectivity index (χ4n) is 3.36. The summed E-state index contributed by atoms with van der Waals surface area (Å²) in [6, 6.07) is 7.32. The zero-order valence-corrected chi connectivity index (χ0v) is 13.4. The molecule has 2 nitrogen and oxygen atoms in total. The molecule has 0 bridgehead atoms. The van der Waals surface area contributed by atoms with Crippen LogP contribution >= 0.6 is 0 Å². The Kier molecular flexibility index (Phi) is 5.62. The number of hydrogen-bond acceptors (Lipinski definition) is 2. The Balaban J connectivity index is 1.97. The molecule has 1 saturated carbocycles. The van der Waals surface area contributed by atoms with Gasteiger partial charge in [0.05, 0.1) is 6.10 Å². The third-order valence-electron chi connectivity index (χ3n) is 4.42. The van der Waals surface area contributed by atoms with Crippen molar-refractivity contribution in [2.45, 2.75) is 59.1 Å². The van der Waals surface area contributed by atoms with Gasteiger partial charge in [-0.1, -0.05) is 30.7 Å². The van der Waals surface area contributed by atoms with Crippen LogP contribution in [0.25, 0.3) is 0 Å². The predicted octanol–water partition coefficient (Wildman–Crippen LogP) is 4.16. The Bertz CT molecular complexity index is 423. The monoisotopic (exact) mass is 275 g/mol. The van der Waals surface area contributed by atoms with Crippen LogP contribution in [0.4, 0.5) is 0 Å². The maximum absolute atomic E-state index is 5.67. The average Bonchev–Trinajstić information content (AvgIpc) is 2.35. The molecule has 1 aliphatic rings. The van der Waals surface area contributed by atoms with Gasteiger partial charge in [0.2, 0.25) is 0 Å². The molecule has 2 heteroatoms. The van der Waals surface area contributed by atoms with Crippen molar-refractivity contribution < 1.29 is 4.74 Å². The van der Waals surface area contributed by atoms with Gasteiger partial charge in [0.1, 0.15) is 0 Å². The second-order valence-electron chi connectivity index (χ2n) is 6.12. The highest BCUT2D eigenvalue weighted by molar-refractivity contribution is 5.33. The maximum Gasteiger partial charge on any atom is 0.0580 e. The SMILES string of the molecule is CCNC(CC1CC(OCC)C1)c1ccc(C)cc1C. The molecule has 2 rings (SSSR count). The minimum absolute atomic E-state index is 0.494. The smallest absolute Gasteiger partial charge is 0.0580 e. The van der Waals surface area contributed by atoms with Crippen LogP contribution in [0.1, 0.15) is 55.8 Å². The van der Waals surface area contributed by atoms with Gasteiger partial charge in [0.15, 0.2) is 0 Å². The lowest BCUT2D eigenvalue weighted by atomic mass is 9.76. The zero-order valence-electron chi connectivity index (χ0n) is 13.4. The van der Waals surface area contributed by atoms with Crippen molar-refractivity contribution in [3.05, 3.63) is 34.9 Å². The number of aryl methyl sites for hydroxylation is 2. The fraction of sp³-hybridized carbons (Fsp3) is 0.667. The molecule has 0 amide bonds. The molecular formula is C18H29NO. The van der Waals surface area contributed by atoms with E-state index in [1.165, 1.54) is 36.0 Å². The van der Waals surface area contributed by atoms with Crippen molar-refractivity contribution in [2.24, 2.45) is 5.92 Å². The number of nitrogens with one attached hydrogen (secondary N) is 1. The highest BCUT2D eigenvalue weighted by atomic mass is 16.5. The Hall–Kier alpha value is -0.860. The molecule has 1 atom stereocenters. The lowest BCUT2D eigenvalue weighted by Crippen LogP contribution is -2.35. The van der Waals surface area contributed by atoms with E-state index < -0.39 is 0 Å². The summed E-state index contributed by atoms with van der Waals surface area (Å²) in [6.07, 6.45) is 4.23. The molecule has 0 aliphatic heterocycles. The van der Waals surface area contributed by atoms with Gasteiger partial charge in [0.25, 0.3) is 0 Å². The van der Waals surface area contributed by atoms with Gasteiger partial charge in [-0.3, -0.25) is 0 Å². The van der Waals surface area contributed by atoms with Crippen LogP contribution in [0.15, 0.2) is 18.2 Å². The number of rotatable bonds is 7. The first kappa shape index (κ1) is 15.5. The van der Waals surface area contributed by atoms with Crippen molar-refractivity contribution in [1.82, 2.24) is 5.32 Å². The van der Waals surface area contributed by atoms with E-state index >= 15 is 0 Å². The summed E-state index contributed by atoms with van der Waals surface area (Å²) in [4.78, 5) is 0. The molecule has 0 radical (unpaired) electrons. The van der Waals surface area contributed by atoms with Crippen LogP contribution in [-0.2, 0) is 4.74 Å². The lowest BCUT2D eigenvalue weighted by molar-refractivity contribution is -0.0291. The summed E-state index contributed by atoms with van der Waals surface area (Å²) < 4.78 is 5.67. The van der Waals surface area contributed by atoms with Crippen molar-refractivity contribution in [3.8, 4) is 0 Å². The van der Waals surface area contributed by atoms with Crippen LogP contribution in [0.5, 0.6) is 0 Å². The Labute approximate surface area is 123 Å². The van der Waals surface area contributed by atoms with E-state index in [2.05, 4.69) is 51.2 Å². The molecule has 1 aromatic carbocycles. The lowest BCUT2D eigenvalue weighted by Gasteiger charge is -2.37. The highest BCUT2D eigenvalue weighted by Gasteiger charge is 2.31. The number of hydrogen-bond donors (Lipinski definition) is 1. The molecule has 1 fully saturated rings. The van der Waals surface area contributed by atoms with E-state index in [1.54, 1.807) is 0 Å². The Morgan fingerprint density at radius 1 is 1.25 bits per heavy atom. The first-order chi connectivity index (χ1) is 9.63.